The van der Waals surface area contributed by atoms with Crippen molar-refractivity contribution in [1.29, 1.82) is 0 Å². The highest BCUT2D eigenvalue weighted by Crippen LogP contribution is 2.26. The number of alkyl halides is 1. The predicted octanol–water partition coefficient (Wildman–Crippen LogP) is 3.21. The Morgan fingerprint density at radius 1 is 1.37 bits per heavy atom. The highest BCUT2D eigenvalue weighted by Gasteiger charge is 2.27. The Balaban J connectivity index is 2.07. The van der Waals surface area contributed by atoms with E-state index in [4.69, 9.17) is 0 Å². The molecule has 2 heterocycles. The minimum atomic E-state index is -0.711. The van der Waals surface area contributed by atoms with Crippen molar-refractivity contribution in [2.45, 2.75) is 45.2 Å². The maximum Gasteiger partial charge on any atom is 0.116 e. The Kier molecular flexibility index (Phi) is 4.24. The van der Waals surface area contributed by atoms with Gasteiger partial charge in [0.1, 0.15) is 6.17 Å². The average Bonchev–Trinajstić information content (AvgIpc) is 2.32. The standard InChI is InChI=1S/C16H25FN2/c1-16(2,3)14-8-12(9-18-10-14)7-13-5-6-19(4)11-15(13)17/h8-10,13,15H,5-7,11H2,1-4H3/t13-,15-/m1/s1. The molecule has 0 N–H and O–H groups in total. The van der Waals surface area contributed by atoms with Gasteiger partial charge in [-0.3, -0.25) is 4.98 Å². The minimum absolute atomic E-state index is 0.102. The van der Waals surface area contributed by atoms with Crippen molar-refractivity contribution in [2.24, 2.45) is 5.92 Å². The number of aromatic nitrogens is 1. The fourth-order valence-electron chi connectivity index (χ4n) is 2.65. The lowest BCUT2D eigenvalue weighted by Crippen LogP contribution is -2.40. The van der Waals surface area contributed by atoms with E-state index in [9.17, 15) is 4.39 Å². The first-order valence-electron chi connectivity index (χ1n) is 7.13. The average molecular weight is 264 g/mol. The van der Waals surface area contributed by atoms with Crippen LogP contribution < -0.4 is 0 Å². The maximum absolute atomic E-state index is 14.1. The number of pyridine rings is 1. The zero-order valence-corrected chi connectivity index (χ0v) is 12.5. The zero-order valence-electron chi connectivity index (χ0n) is 12.5. The molecular formula is C16H25FN2. The molecule has 106 valence electrons. The first-order chi connectivity index (χ1) is 8.86. The molecule has 1 aliphatic rings. The lowest BCUT2D eigenvalue weighted by atomic mass is 9.85. The van der Waals surface area contributed by atoms with Crippen LogP contribution in [0, 0.1) is 5.92 Å². The summed E-state index contributed by atoms with van der Waals surface area (Å²) >= 11 is 0. The zero-order chi connectivity index (χ0) is 14.0. The Bertz CT molecular complexity index is 425. The van der Waals surface area contributed by atoms with E-state index in [1.54, 1.807) is 0 Å². The fraction of sp³-hybridized carbons (Fsp3) is 0.688. The number of likely N-dealkylation sites (tertiary alicyclic amines) is 1. The molecule has 0 aromatic carbocycles. The number of hydrogen-bond donors (Lipinski definition) is 0. The molecular weight excluding hydrogens is 239 g/mol. The van der Waals surface area contributed by atoms with Crippen molar-refractivity contribution in [2.75, 3.05) is 20.1 Å². The molecule has 1 aromatic rings. The summed E-state index contributed by atoms with van der Waals surface area (Å²) in [4.78, 5) is 6.40. The summed E-state index contributed by atoms with van der Waals surface area (Å²) in [5.74, 6) is 0.146. The molecule has 0 bridgehead atoms. The third-order valence-corrected chi connectivity index (χ3v) is 4.04. The van der Waals surface area contributed by atoms with Crippen LogP contribution >= 0.6 is 0 Å². The smallest absolute Gasteiger partial charge is 0.116 e. The molecule has 1 aromatic heterocycles. The van der Waals surface area contributed by atoms with Gasteiger partial charge in [0.25, 0.3) is 0 Å². The first-order valence-corrected chi connectivity index (χ1v) is 7.13. The Labute approximate surface area is 116 Å². The van der Waals surface area contributed by atoms with Crippen molar-refractivity contribution in [1.82, 2.24) is 9.88 Å². The Morgan fingerprint density at radius 2 is 2.11 bits per heavy atom. The summed E-state index contributed by atoms with van der Waals surface area (Å²) in [6, 6.07) is 2.19. The van der Waals surface area contributed by atoms with Crippen molar-refractivity contribution in [3.05, 3.63) is 29.6 Å². The van der Waals surface area contributed by atoms with Gasteiger partial charge < -0.3 is 4.90 Å². The summed E-state index contributed by atoms with van der Waals surface area (Å²) in [6.07, 6.45) is 4.85. The van der Waals surface area contributed by atoms with Crippen LogP contribution in [-0.4, -0.2) is 36.2 Å². The number of rotatable bonds is 2. The van der Waals surface area contributed by atoms with Gasteiger partial charge in [-0.1, -0.05) is 26.8 Å². The van der Waals surface area contributed by atoms with E-state index in [1.165, 1.54) is 11.1 Å². The van der Waals surface area contributed by atoms with Crippen molar-refractivity contribution >= 4 is 0 Å². The van der Waals surface area contributed by atoms with Crippen LogP contribution in [0.1, 0.15) is 38.3 Å². The second-order valence-corrected chi connectivity index (χ2v) is 6.86. The number of halogens is 1. The SMILES string of the molecule is CN1CC[C@H](Cc2cncc(C(C)(C)C)c2)[C@H](F)C1. The third kappa shape index (κ3) is 3.75. The predicted molar refractivity (Wildman–Crippen MR) is 77.1 cm³/mol. The topological polar surface area (TPSA) is 16.1 Å². The van der Waals surface area contributed by atoms with Crippen LogP contribution in [0.2, 0.25) is 0 Å². The largest absolute Gasteiger partial charge is 0.303 e. The van der Waals surface area contributed by atoms with Gasteiger partial charge in [0, 0.05) is 18.9 Å². The summed E-state index contributed by atoms with van der Waals surface area (Å²) in [5, 5.41) is 0. The van der Waals surface area contributed by atoms with E-state index >= 15 is 0 Å². The molecule has 3 heteroatoms. The summed E-state index contributed by atoms with van der Waals surface area (Å²) in [5.41, 5.74) is 2.50. The molecule has 0 spiro atoms. The van der Waals surface area contributed by atoms with Gasteiger partial charge in [-0.2, -0.15) is 0 Å². The molecule has 1 aliphatic heterocycles. The maximum atomic E-state index is 14.1. The summed E-state index contributed by atoms with van der Waals surface area (Å²) in [6.45, 7) is 8.11. The normalized spacial score (nSPS) is 25.5. The molecule has 0 saturated carbocycles. The van der Waals surface area contributed by atoms with Crippen LogP contribution in [-0.2, 0) is 11.8 Å². The molecule has 2 nitrogen and oxygen atoms in total. The molecule has 2 rings (SSSR count). The van der Waals surface area contributed by atoms with Gasteiger partial charge >= 0.3 is 0 Å². The van der Waals surface area contributed by atoms with Gasteiger partial charge in [0.2, 0.25) is 0 Å². The first kappa shape index (κ1) is 14.4. The van der Waals surface area contributed by atoms with Crippen molar-refractivity contribution in [3.63, 3.8) is 0 Å². The van der Waals surface area contributed by atoms with Crippen LogP contribution in [0.15, 0.2) is 18.5 Å². The van der Waals surface area contributed by atoms with E-state index in [2.05, 4.69) is 36.7 Å². The van der Waals surface area contributed by atoms with E-state index in [0.29, 0.717) is 6.54 Å². The molecule has 0 unspecified atom stereocenters. The van der Waals surface area contributed by atoms with Crippen LogP contribution in [0.4, 0.5) is 4.39 Å². The highest BCUT2D eigenvalue weighted by atomic mass is 19.1. The minimum Gasteiger partial charge on any atom is -0.303 e. The molecule has 0 amide bonds. The monoisotopic (exact) mass is 264 g/mol. The van der Waals surface area contributed by atoms with Crippen molar-refractivity contribution in [3.8, 4) is 0 Å². The van der Waals surface area contributed by atoms with E-state index < -0.39 is 6.17 Å². The molecule has 1 saturated heterocycles. The fourth-order valence-corrected chi connectivity index (χ4v) is 2.65. The molecule has 1 fully saturated rings. The van der Waals surface area contributed by atoms with Crippen LogP contribution in [0.5, 0.6) is 0 Å². The molecule has 2 atom stereocenters. The van der Waals surface area contributed by atoms with Crippen LogP contribution in [0.3, 0.4) is 0 Å². The Morgan fingerprint density at radius 3 is 2.74 bits per heavy atom. The van der Waals surface area contributed by atoms with Crippen molar-refractivity contribution < 1.29 is 4.39 Å². The third-order valence-electron chi connectivity index (χ3n) is 4.04. The van der Waals surface area contributed by atoms with E-state index in [1.807, 2.05) is 19.4 Å². The van der Waals surface area contributed by atoms with Gasteiger partial charge in [0.05, 0.1) is 0 Å². The van der Waals surface area contributed by atoms with Gasteiger partial charge in [0.15, 0.2) is 0 Å². The van der Waals surface area contributed by atoms with Gasteiger partial charge in [-0.25, -0.2) is 4.39 Å². The lowest BCUT2D eigenvalue weighted by molar-refractivity contribution is 0.102. The second kappa shape index (κ2) is 5.58. The quantitative estimate of drug-likeness (QED) is 0.815. The summed E-state index contributed by atoms with van der Waals surface area (Å²) < 4.78 is 14.1. The van der Waals surface area contributed by atoms with Crippen LogP contribution in [0.25, 0.3) is 0 Å². The van der Waals surface area contributed by atoms with Gasteiger partial charge in [-0.05, 0) is 48.9 Å². The van der Waals surface area contributed by atoms with E-state index in [-0.39, 0.29) is 11.3 Å². The number of hydrogen-bond acceptors (Lipinski definition) is 2. The Hall–Kier alpha value is -0.960. The molecule has 19 heavy (non-hydrogen) atoms. The molecule has 0 aliphatic carbocycles. The van der Waals surface area contributed by atoms with E-state index in [0.717, 1.165) is 19.4 Å². The molecule has 0 radical (unpaired) electrons. The number of nitrogens with zero attached hydrogens (tertiary/aromatic N) is 2. The second-order valence-electron chi connectivity index (χ2n) is 6.86. The highest BCUT2D eigenvalue weighted by molar-refractivity contribution is 5.24. The lowest BCUT2D eigenvalue weighted by Gasteiger charge is -2.32. The number of piperidine rings is 1. The van der Waals surface area contributed by atoms with Gasteiger partial charge in [-0.15, -0.1) is 0 Å². The summed E-state index contributed by atoms with van der Waals surface area (Å²) in [7, 11) is 1.99.